The van der Waals surface area contributed by atoms with Gasteiger partial charge in [-0.2, -0.15) is 15.3 Å². The fraction of sp³-hybridized carbons (Fsp3) is 0. The summed E-state index contributed by atoms with van der Waals surface area (Å²) in [5.41, 5.74) is 3.63. The number of aromatic amines is 2. The largest absolute Gasteiger partial charge is 0.339 e. The monoisotopic (exact) mass is 342 g/mol. The van der Waals surface area contributed by atoms with Crippen LogP contribution in [0.1, 0.15) is 0 Å². The van der Waals surface area contributed by atoms with Gasteiger partial charge in [0.05, 0.1) is 29.1 Å². The average molecular weight is 342 g/mol. The topological polar surface area (TPSA) is 107 Å². The number of hydrogen-bond acceptors (Lipinski definition) is 6. The maximum absolute atomic E-state index is 4.32. The summed E-state index contributed by atoms with van der Waals surface area (Å²) in [7, 11) is 0. The quantitative estimate of drug-likeness (QED) is 0.396. The van der Waals surface area contributed by atoms with Crippen molar-refractivity contribution in [3.63, 3.8) is 0 Å². The molecule has 0 unspecified atom stereocenters. The van der Waals surface area contributed by atoms with Crippen LogP contribution in [-0.2, 0) is 0 Å². The normalized spacial score (nSPS) is 11.1. The summed E-state index contributed by atoms with van der Waals surface area (Å²) in [6, 6.07) is 15.8. The van der Waals surface area contributed by atoms with Gasteiger partial charge in [-0.15, -0.1) is 5.10 Å². The van der Waals surface area contributed by atoms with E-state index in [0.717, 1.165) is 39.0 Å². The van der Waals surface area contributed by atoms with Crippen molar-refractivity contribution in [3.8, 4) is 0 Å². The molecule has 3 aromatic heterocycles. The number of rotatable bonds is 4. The van der Waals surface area contributed by atoms with E-state index in [1.807, 2.05) is 48.5 Å². The second kappa shape index (κ2) is 5.85. The predicted molar refractivity (Wildman–Crippen MR) is 101 cm³/mol. The van der Waals surface area contributed by atoms with E-state index in [2.05, 4.69) is 41.2 Å². The van der Waals surface area contributed by atoms with Crippen LogP contribution in [-0.4, -0.2) is 30.6 Å². The lowest BCUT2D eigenvalue weighted by Gasteiger charge is -2.07. The van der Waals surface area contributed by atoms with Gasteiger partial charge in [-0.3, -0.25) is 10.2 Å². The molecule has 26 heavy (non-hydrogen) atoms. The highest BCUT2D eigenvalue weighted by atomic mass is 15.2. The Labute approximate surface area is 147 Å². The smallest absolute Gasteiger partial charge is 0.160 e. The molecule has 5 aromatic rings. The summed E-state index contributed by atoms with van der Waals surface area (Å²) >= 11 is 0. The van der Waals surface area contributed by atoms with Crippen LogP contribution < -0.4 is 10.6 Å². The van der Waals surface area contributed by atoms with Crippen molar-refractivity contribution < 1.29 is 0 Å². The molecule has 0 spiro atoms. The molecule has 0 aliphatic rings. The fourth-order valence-corrected chi connectivity index (χ4v) is 2.85. The van der Waals surface area contributed by atoms with Gasteiger partial charge < -0.3 is 10.6 Å². The number of anilines is 4. The summed E-state index contributed by atoms with van der Waals surface area (Å²) in [4.78, 5) is 0. The van der Waals surface area contributed by atoms with E-state index in [1.165, 1.54) is 0 Å². The van der Waals surface area contributed by atoms with E-state index >= 15 is 0 Å². The van der Waals surface area contributed by atoms with Crippen LogP contribution in [0.2, 0.25) is 0 Å². The number of H-pyrrole nitrogens is 2. The molecule has 8 heteroatoms. The minimum Gasteiger partial charge on any atom is -0.339 e. The Morgan fingerprint density at radius 3 is 2.77 bits per heavy atom. The number of para-hydroxylation sites is 1. The molecule has 8 nitrogen and oxygen atoms in total. The Hall–Kier alpha value is -3.94. The van der Waals surface area contributed by atoms with Gasteiger partial charge in [0.15, 0.2) is 11.6 Å². The molecular weight excluding hydrogens is 328 g/mol. The zero-order chi connectivity index (χ0) is 17.3. The molecule has 0 aliphatic heterocycles. The van der Waals surface area contributed by atoms with E-state index in [-0.39, 0.29) is 0 Å². The van der Waals surface area contributed by atoms with Crippen LogP contribution in [0.5, 0.6) is 0 Å². The Kier molecular flexibility index (Phi) is 3.24. The van der Waals surface area contributed by atoms with Gasteiger partial charge >= 0.3 is 0 Å². The van der Waals surface area contributed by atoms with Crippen LogP contribution in [0.15, 0.2) is 60.9 Å². The maximum Gasteiger partial charge on any atom is 0.160 e. The first-order valence-corrected chi connectivity index (χ1v) is 8.08. The highest BCUT2D eigenvalue weighted by Crippen LogP contribution is 2.25. The molecular formula is C18H14N8. The van der Waals surface area contributed by atoms with Gasteiger partial charge in [-0.1, -0.05) is 12.1 Å². The molecule has 126 valence electrons. The second-order valence-corrected chi connectivity index (χ2v) is 5.87. The van der Waals surface area contributed by atoms with Crippen LogP contribution in [0.3, 0.4) is 0 Å². The molecule has 0 atom stereocenters. The third-order valence-electron chi connectivity index (χ3n) is 4.10. The van der Waals surface area contributed by atoms with Crippen molar-refractivity contribution >= 4 is 44.8 Å². The average Bonchev–Trinajstić information content (AvgIpc) is 3.29. The second-order valence-electron chi connectivity index (χ2n) is 5.87. The van der Waals surface area contributed by atoms with Crippen molar-refractivity contribution in [2.75, 3.05) is 10.6 Å². The number of benzene rings is 2. The lowest BCUT2D eigenvalue weighted by atomic mass is 10.2. The minimum atomic E-state index is 0.633. The summed E-state index contributed by atoms with van der Waals surface area (Å²) in [6.45, 7) is 0. The van der Waals surface area contributed by atoms with Crippen LogP contribution >= 0.6 is 0 Å². The lowest BCUT2D eigenvalue weighted by Crippen LogP contribution is -1.98. The molecule has 2 aromatic carbocycles. The fourth-order valence-electron chi connectivity index (χ4n) is 2.85. The summed E-state index contributed by atoms with van der Waals surface area (Å²) in [5.74, 6) is 1.38. The van der Waals surface area contributed by atoms with Gasteiger partial charge in [-0.25, -0.2) is 0 Å². The van der Waals surface area contributed by atoms with Crippen LogP contribution in [0.25, 0.3) is 21.8 Å². The van der Waals surface area contributed by atoms with Crippen molar-refractivity contribution in [2.24, 2.45) is 0 Å². The molecule has 0 fully saturated rings. The Balaban J connectivity index is 1.41. The number of aromatic nitrogens is 6. The van der Waals surface area contributed by atoms with Gasteiger partial charge in [0, 0.05) is 22.5 Å². The first-order chi connectivity index (χ1) is 12.8. The van der Waals surface area contributed by atoms with Crippen LogP contribution in [0.4, 0.5) is 23.0 Å². The summed E-state index contributed by atoms with van der Waals surface area (Å²) in [6.07, 6.45) is 3.45. The first-order valence-electron chi connectivity index (χ1n) is 8.08. The summed E-state index contributed by atoms with van der Waals surface area (Å²) in [5, 5.41) is 31.1. The van der Waals surface area contributed by atoms with E-state index in [9.17, 15) is 0 Å². The molecule has 0 saturated heterocycles. The minimum absolute atomic E-state index is 0.633. The number of nitrogens with one attached hydrogen (secondary N) is 4. The Morgan fingerprint density at radius 2 is 1.77 bits per heavy atom. The maximum atomic E-state index is 4.32. The van der Waals surface area contributed by atoms with Gasteiger partial charge in [0.2, 0.25) is 0 Å². The van der Waals surface area contributed by atoms with Gasteiger partial charge in [0.1, 0.15) is 0 Å². The molecule has 0 aliphatic carbocycles. The Morgan fingerprint density at radius 1 is 0.808 bits per heavy atom. The number of hydrogen-bond donors (Lipinski definition) is 4. The van der Waals surface area contributed by atoms with Crippen molar-refractivity contribution in [1.82, 2.24) is 30.6 Å². The highest BCUT2D eigenvalue weighted by molar-refractivity contribution is 5.91. The summed E-state index contributed by atoms with van der Waals surface area (Å²) < 4.78 is 0. The van der Waals surface area contributed by atoms with E-state index in [1.54, 1.807) is 12.4 Å². The molecule has 0 bridgehead atoms. The number of fused-ring (bicyclic) bond motifs is 2. The highest BCUT2D eigenvalue weighted by Gasteiger charge is 2.07. The third-order valence-corrected chi connectivity index (χ3v) is 4.10. The van der Waals surface area contributed by atoms with Gasteiger partial charge in [-0.05, 0) is 30.3 Å². The standard InChI is InChI=1S/C18H14N8/c1-2-4-15-14(3-1)18(26-24-15)22-13-8-17(25-20-10-13)21-12-6-5-11-9-19-23-16(11)7-12/h1-10H,(H,19,23)(H3,21,22,24,25,26). The van der Waals surface area contributed by atoms with Crippen LogP contribution in [0, 0.1) is 0 Å². The van der Waals surface area contributed by atoms with E-state index in [4.69, 9.17) is 0 Å². The van der Waals surface area contributed by atoms with Crippen molar-refractivity contribution in [3.05, 3.63) is 60.9 Å². The first kappa shape index (κ1) is 14.4. The predicted octanol–water partition coefficient (Wildman–Crippen LogP) is 3.72. The molecule has 0 amide bonds. The molecule has 4 N–H and O–H groups in total. The number of nitrogens with zero attached hydrogens (tertiary/aromatic N) is 4. The third kappa shape index (κ3) is 2.59. The SMILES string of the molecule is c1ccc2c(Nc3cnnc(Nc4ccc5cn[nH]c5c4)c3)n[nH]c2c1. The molecule has 0 saturated carbocycles. The zero-order valence-electron chi connectivity index (χ0n) is 13.6. The molecule has 3 heterocycles. The van der Waals surface area contributed by atoms with E-state index in [0.29, 0.717) is 5.82 Å². The van der Waals surface area contributed by atoms with Crippen molar-refractivity contribution in [2.45, 2.75) is 0 Å². The molecule has 5 rings (SSSR count). The van der Waals surface area contributed by atoms with E-state index < -0.39 is 0 Å². The lowest BCUT2D eigenvalue weighted by molar-refractivity contribution is 1.03. The Bertz CT molecular complexity index is 1210. The van der Waals surface area contributed by atoms with Gasteiger partial charge in [0.25, 0.3) is 0 Å². The van der Waals surface area contributed by atoms with Crippen molar-refractivity contribution in [1.29, 1.82) is 0 Å². The zero-order valence-corrected chi connectivity index (χ0v) is 13.6. The molecule has 0 radical (unpaired) electrons.